The number of nitrogens with one attached hydrogen (secondary N) is 2. The van der Waals surface area contributed by atoms with Crippen molar-refractivity contribution in [3.05, 3.63) is 88.1 Å². The summed E-state index contributed by atoms with van der Waals surface area (Å²) in [6, 6.07) is 18.1. The van der Waals surface area contributed by atoms with Crippen LogP contribution >= 0.6 is 11.3 Å². The molecule has 1 aromatic heterocycles. The molecule has 2 aromatic carbocycles. The Kier molecular flexibility index (Phi) is 5.61. The third-order valence-corrected chi connectivity index (χ3v) is 4.65. The van der Waals surface area contributed by atoms with E-state index in [1.54, 1.807) is 60.9 Å². The van der Waals surface area contributed by atoms with E-state index in [0.29, 0.717) is 16.8 Å². The molecule has 0 saturated heterocycles. The number of hydrogen-bond acceptors (Lipinski definition) is 4. The van der Waals surface area contributed by atoms with Crippen molar-refractivity contribution in [2.24, 2.45) is 0 Å². The third-order valence-electron chi connectivity index (χ3n) is 3.81. The second-order valence-electron chi connectivity index (χ2n) is 5.54. The number of para-hydroxylation sites is 1. The molecule has 4 nitrogen and oxygen atoms in total. The number of carbonyl (C=O) groups is 2. The molecule has 130 valence electrons. The van der Waals surface area contributed by atoms with Crippen LogP contribution in [0.1, 0.15) is 25.6 Å². The van der Waals surface area contributed by atoms with Gasteiger partial charge in [-0.15, -0.1) is 11.3 Å². The lowest BCUT2D eigenvalue weighted by Gasteiger charge is -2.10. The summed E-state index contributed by atoms with van der Waals surface area (Å²) in [6.07, 6.45) is 3.36. The first kappa shape index (κ1) is 17.6. The van der Waals surface area contributed by atoms with Gasteiger partial charge < -0.3 is 10.6 Å². The van der Waals surface area contributed by atoms with Gasteiger partial charge in [-0.25, -0.2) is 0 Å². The first-order chi connectivity index (χ1) is 12.7. The Morgan fingerprint density at radius 3 is 2.42 bits per heavy atom. The van der Waals surface area contributed by atoms with E-state index in [9.17, 15) is 9.59 Å². The van der Waals surface area contributed by atoms with Crippen LogP contribution in [0.4, 0.5) is 11.4 Å². The highest BCUT2D eigenvalue weighted by Gasteiger charge is 2.10. The van der Waals surface area contributed by atoms with E-state index in [-0.39, 0.29) is 11.7 Å². The molecule has 0 fully saturated rings. The third kappa shape index (κ3) is 4.26. The number of ketones is 1. The highest BCUT2D eigenvalue weighted by Crippen LogP contribution is 2.18. The second kappa shape index (κ2) is 8.27. The van der Waals surface area contributed by atoms with Crippen molar-refractivity contribution in [3.63, 3.8) is 0 Å². The van der Waals surface area contributed by atoms with E-state index in [0.717, 1.165) is 10.6 Å². The summed E-state index contributed by atoms with van der Waals surface area (Å²) < 4.78 is 0. The molecule has 0 unspecified atom stereocenters. The van der Waals surface area contributed by atoms with Gasteiger partial charge in [0.1, 0.15) is 0 Å². The number of amides is 1. The number of rotatable bonds is 6. The number of allylic oxidation sites excluding steroid dienone is 1. The van der Waals surface area contributed by atoms with Crippen LogP contribution in [-0.4, -0.2) is 18.7 Å². The Morgan fingerprint density at radius 1 is 0.962 bits per heavy atom. The van der Waals surface area contributed by atoms with Gasteiger partial charge in [0.15, 0.2) is 5.78 Å². The quantitative estimate of drug-likeness (QED) is 0.482. The van der Waals surface area contributed by atoms with Crippen LogP contribution < -0.4 is 10.6 Å². The fourth-order valence-corrected chi connectivity index (χ4v) is 3.07. The molecule has 26 heavy (non-hydrogen) atoms. The molecular weight excluding hydrogens is 344 g/mol. The first-order valence-corrected chi connectivity index (χ1v) is 8.99. The van der Waals surface area contributed by atoms with Crippen molar-refractivity contribution in [1.29, 1.82) is 0 Å². The summed E-state index contributed by atoms with van der Waals surface area (Å²) in [7, 11) is 1.77. The Morgan fingerprint density at radius 2 is 1.73 bits per heavy atom. The first-order valence-electron chi connectivity index (χ1n) is 8.11. The van der Waals surface area contributed by atoms with Crippen molar-refractivity contribution < 1.29 is 9.59 Å². The molecule has 0 bridgehead atoms. The Balaban J connectivity index is 1.67. The zero-order valence-corrected chi connectivity index (χ0v) is 15.0. The number of thiophene rings is 1. The van der Waals surface area contributed by atoms with Crippen LogP contribution in [0.5, 0.6) is 0 Å². The predicted octanol–water partition coefficient (Wildman–Crippen LogP) is 4.94. The van der Waals surface area contributed by atoms with Crippen LogP contribution in [0, 0.1) is 0 Å². The molecule has 0 spiro atoms. The highest BCUT2D eigenvalue weighted by atomic mass is 32.1. The molecule has 3 rings (SSSR count). The SMILES string of the molecule is CNc1ccccc1C(=O)Nc1ccc(C(=O)/C=C/c2cccs2)cc1. The van der Waals surface area contributed by atoms with Crippen molar-refractivity contribution in [2.75, 3.05) is 17.7 Å². The molecule has 1 heterocycles. The summed E-state index contributed by atoms with van der Waals surface area (Å²) >= 11 is 1.58. The van der Waals surface area contributed by atoms with Gasteiger partial charge in [-0.1, -0.05) is 18.2 Å². The van der Waals surface area contributed by atoms with Gasteiger partial charge in [0, 0.05) is 28.9 Å². The molecule has 0 aliphatic heterocycles. The zero-order chi connectivity index (χ0) is 18.4. The van der Waals surface area contributed by atoms with Crippen molar-refractivity contribution in [1.82, 2.24) is 0 Å². The molecule has 0 atom stereocenters. The second-order valence-corrected chi connectivity index (χ2v) is 6.52. The molecule has 1 amide bonds. The zero-order valence-electron chi connectivity index (χ0n) is 14.2. The van der Waals surface area contributed by atoms with Crippen LogP contribution in [0.2, 0.25) is 0 Å². The van der Waals surface area contributed by atoms with Crippen LogP contribution in [0.3, 0.4) is 0 Å². The largest absolute Gasteiger partial charge is 0.387 e. The molecule has 5 heteroatoms. The Bertz CT molecular complexity index is 929. The Hall–Kier alpha value is -3.18. The minimum atomic E-state index is -0.202. The van der Waals surface area contributed by atoms with Crippen LogP contribution in [0.25, 0.3) is 6.08 Å². The Labute approximate surface area is 156 Å². The number of hydrogen-bond donors (Lipinski definition) is 2. The summed E-state index contributed by atoms with van der Waals surface area (Å²) in [5.41, 5.74) is 2.54. The maximum atomic E-state index is 12.4. The lowest BCUT2D eigenvalue weighted by atomic mass is 10.1. The van der Waals surface area contributed by atoms with Gasteiger partial charge in [0.25, 0.3) is 5.91 Å². The topological polar surface area (TPSA) is 58.2 Å². The monoisotopic (exact) mass is 362 g/mol. The van der Waals surface area contributed by atoms with Gasteiger partial charge in [-0.05, 0) is 60.0 Å². The van der Waals surface area contributed by atoms with Crippen molar-refractivity contribution in [2.45, 2.75) is 0 Å². The number of carbonyl (C=O) groups excluding carboxylic acids is 2. The average Bonchev–Trinajstić information content (AvgIpc) is 3.20. The maximum Gasteiger partial charge on any atom is 0.257 e. The minimum Gasteiger partial charge on any atom is -0.387 e. The summed E-state index contributed by atoms with van der Waals surface area (Å²) in [6.45, 7) is 0. The van der Waals surface area contributed by atoms with E-state index in [4.69, 9.17) is 0 Å². The molecule has 0 radical (unpaired) electrons. The minimum absolute atomic E-state index is 0.0724. The van der Waals surface area contributed by atoms with Crippen molar-refractivity contribution in [3.8, 4) is 0 Å². The predicted molar refractivity (Wildman–Crippen MR) is 108 cm³/mol. The van der Waals surface area contributed by atoms with Gasteiger partial charge in [-0.3, -0.25) is 9.59 Å². The standard InChI is InChI=1S/C21H18N2O2S/c1-22-19-7-3-2-6-18(19)21(25)23-16-10-8-15(9-11-16)20(24)13-12-17-5-4-14-26-17/h2-14,22H,1H3,(H,23,25)/b13-12+. The lowest BCUT2D eigenvalue weighted by Crippen LogP contribution is -2.14. The van der Waals surface area contributed by atoms with Crippen LogP contribution in [0.15, 0.2) is 72.1 Å². The maximum absolute atomic E-state index is 12.4. The summed E-state index contributed by atoms with van der Waals surface area (Å²) in [5.74, 6) is -0.275. The van der Waals surface area contributed by atoms with Crippen molar-refractivity contribution >= 4 is 40.5 Å². The van der Waals surface area contributed by atoms with E-state index >= 15 is 0 Å². The fraction of sp³-hybridized carbons (Fsp3) is 0.0476. The van der Waals surface area contributed by atoms with E-state index in [2.05, 4.69) is 10.6 Å². The molecule has 3 aromatic rings. The summed E-state index contributed by atoms with van der Waals surface area (Å²) in [4.78, 5) is 25.7. The molecule has 0 saturated carbocycles. The van der Waals surface area contributed by atoms with E-state index in [1.165, 1.54) is 0 Å². The van der Waals surface area contributed by atoms with Crippen LogP contribution in [-0.2, 0) is 0 Å². The highest BCUT2D eigenvalue weighted by molar-refractivity contribution is 7.10. The molecule has 0 aliphatic rings. The lowest BCUT2D eigenvalue weighted by molar-refractivity contribution is 0.102. The number of anilines is 2. The number of benzene rings is 2. The fourth-order valence-electron chi connectivity index (χ4n) is 2.46. The summed E-state index contributed by atoms with van der Waals surface area (Å²) in [5, 5.41) is 7.81. The molecular formula is C21H18N2O2S. The van der Waals surface area contributed by atoms with Gasteiger partial charge in [0.05, 0.1) is 5.56 Å². The van der Waals surface area contributed by atoms with Gasteiger partial charge in [0.2, 0.25) is 0 Å². The molecule has 0 aliphatic carbocycles. The van der Waals surface area contributed by atoms with Gasteiger partial charge >= 0.3 is 0 Å². The van der Waals surface area contributed by atoms with E-state index < -0.39 is 0 Å². The molecule has 2 N–H and O–H groups in total. The van der Waals surface area contributed by atoms with Gasteiger partial charge in [-0.2, -0.15) is 0 Å². The average molecular weight is 362 g/mol. The van der Waals surface area contributed by atoms with E-state index in [1.807, 2.05) is 35.7 Å². The smallest absolute Gasteiger partial charge is 0.257 e. The normalized spacial score (nSPS) is 10.7.